The molecule has 2 heterocycles. The Balaban J connectivity index is 1.44. The van der Waals surface area contributed by atoms with Crippen molar-refractivity contribution < 1.29 is 28.2 Å². The van der Waals surface area contributed by atoms with Gasteiger partial charge in [0.25, 0.3) is 0 Å². The Kier molecular flexibility index (Phi) is 7.86. The lowest BCUT2D eigenvalue weighted by Crippen LogP contribution is -2.38. The Morgan fingerprint density at radius 3 is 2.56 bits per heavy atom. The number of ketones is 1. The third-order valence-corrected chi connectivity index (χ3v) is 8.85. The summed E-state index contributed by atoms with van der Waals surface area (Å²) in [5.41, 5.74) is 4.33. The standard InChI is InChI=1S/C35H37NO7/c1-5-41-29-13-11-21(17-30(29)40-4)22-15-26-33(27(37)16-22)32(25-18-42-28-12-10-19(2)14-24(28)34(25)38)31(20(3)36-26)35(39)43-23-8-6-7-9-23/h10-14,17-18,22-23,32,36H,5-9,15-16H2,1-4H3. The summed E-state index contributed by atoms with van der Waals surface area (Å²) < 4.78 is 23.1. The Labute approximate surface area is 250 Å². The van der Waals surface area contributed by atoms with E-state index < -0.39 is 11.9 Å². The smallest absolute Gasteiger partial charge is 0.337 e. The van der Waals surface area contributed by atoms with Gasteiger partial charge in [0.1, 0.15) is 11.7 Å². The van der Waals surface area contributed by atoms with Gasteiger partial charge in [0.05, 0.1) is 36.9 Å². The van der Waals surface area contributed by atoms with Crippen LogP contribution < -0.4 is 20.2 Å². The van der Waals surface area contributed by atoms with Gasteiger partial charge in [-0.3, -0.25) is 9.59 Å². The highest BCUT2D eigenvalue weighted by atomic mass is 16.5. The summed E-state index contributed by atoms with van der Waals surface area (Å²) >= 11 is 0. The van der Waals surface area contributed by atoms with Crippen molar-refractivity contribution in [3.8, 4) is 11.5 Å². The number of benzene rings is 2. The number of carbonyl (C=O) groups is 2. The van der Waals surface area contributed by atoms with Gasteiger partial charge in [-0.2, -0.15) is 0 Å². The predicted molar refractivity (Wildman–Crippen MR) is 162 cm³/mol. The molecule has 1 N–H and O–H groups in total. The number of esters is 1. The molecule has 0 radical (unpaired) electrons. The average molecular weight is 584 g/mol. The van der Waals surface area contributed by atoms with Crippen molar-refractivity contribution in [2.24, 2.45) is 0 Å². The van der Waals surface area contributed by atoms with Crippen molar-refractivity contribution >= 4 is 22.7 Å². The van der Waals surface area contributed by atoms with Crippen LogP contribution in [0.3, 0.4) is 0 Å². The number of aryl methyl sites for hydroxylation is 1. The number of Topliss-reactive ketones (excluding diaryl/α,β-unsaturated/α-hetero) is 1. The number of allylic oxidation sites excluding steroid dienone is 3. The zero-order valence-corrected chi connectivity index (χ0v) is 25.1. The Morgan fingerprint density at radius 2 is 1.81 bits per heavy atom. The van der Waals surface area contributed by atoms with E-state index in [9.17, 15) is 14.4 Å². The number of fused-ring (bicyclic) bond motifs is 1. The van der Waals surface area contributed by atoms with Crippen LogP contribution in [0.25, 0.3) is 11.0 Å². The molecule has 3 aromatic rings. The van der Waals surface area contributed by atoms with E-state index in [0.717, 1.165) is 36.8 Å². The second-order valence-electron chi connectivity index (χ2n) is 11.7. The van der Waals surface area contributed by atoms with Crippen molar-refractivity contribution in [2.75, 3.05) is 13.7 Å². The third kappa shape index (κ3) is 5.35. The van der Waals surface area contributed by atoms with Crippen molar-refractivity contribution in [3.05, 3.63) is 92.1 Å². The average Bonchev–Trinajstić information content (AvgIpc) is 3.50. The molecule has 0 spiro atoms. The van der Waals surface area contributed by atoms with Crippen LogP contribution in [0, 0.1) is 6.92 Å². The predicted octanol–water partition coefficient (Wildman–Crippen LogP) is 6.36. The van der Waals surface area contributed by atoms with Crippen molar-refractivity contribution in [2.45, 2.75) is 77.2 Å². The molecule has 0 bridgehead atoms. The molecule has 1 saturated carbocycles. The monoisotopic (exact) mass is 583 g/mol. The summed E-state index contributed by atoms with van der Waals surface area (Å²) in [5.74, 6) is -0.385. The SMILES string of the molecule is CCOc1ccc(C2CC(=O)C3=C(C2)NC(C)=C(C(=O)OC2CCCC2)C3c2coc3ccc(C)cc3c2=O)cc1OC. The largest absolute Gasteiger partial charge is 0.493 e. The molecule has 3 aliphatic rings. The molecule has 6 rings (SSSR count). The van der Waals surface area contributed by atoms with Gasteiger partial charge in [-0.15, -0.1) is 0 Å². The van der Waals surface area contributed by atoms with E-state index in [1.165, 1.54) is 6.26 Å². The van der Waals surface area contributed by atoms with Gasteiger partial charge in [-0.05, 0) is 88.6 Å². The lowest BCUT2D eigenvalue weighted by atomic mass is 9.72. The molecule has 2 aliphatic carbocycles. The minimum absolute atomic E-state index is 0.126. The number of hydrogen-bond acceptors (Lipinski definition) is 8. The number of methoxy groups -OCH3 is 1. The lowest BCUT2D eigenvalue weighted by Gasteiger charge is -2.36. The molecule has 2 atom stereocenters. The minimum Gasteiger partial charge on any atom is -0.493 e. The van der Waals surface area contributed by atoms with Gasteiger partial charge in [-0.1, -0.05) is 17.7 Å². The van der Waals surface area contributed by atoms with Crippen LogP contribution in [0.4, 0.5) is 0 Å². The number of hydrogen-bond donors (Lipinski definition) is 1. The molecule has 43 heavy (non-hydrogen) atoms. The second-order valence-corrected chi connectivity index (χ2v) is 11.7. The molecule has 2 aromatic carbocycles. The first kappa shape index (κ1) is 28.8. The topological polar surface area (TPSA) is 104 Å². The van der Waals surface area contributed by atoms with Crippen molar-refractivity contribution in [1.29, 1.82) is 0 Å². The first-order chi connectivity index (χ1) is 20.8. The highest BCUT2D eigenvalue weighted by Crippen LogP contribution is 2.46. The first-order valence-electron chi connectivity index (χ1n) is 15.1. The van der Waals surface area contributed by atoms with E-state index in [1.54, 1.807) is 19.2 Å². The van der Waals surface area contributed by atoms with E-state index in [1.807, 2.05) is 45.0 Å². The van der Waals surface area contributed by atoms with Gasteiger partial charge in [0.15, 0.2) is 22.7 Å². The van der Waals surface area contributed by atoms with Crippen LogP contribution >= 0.6 is 0 Å². The fourth-order valence-electron chi connectivity index (χ4n) is 6.75. The highest BCUT2D eigenvalue weighted by Gasteiger charge is 2.43. The summed E-state index contributed by atoms with van der Waals surface area (Å²) in [5, 5.41) is 3.80. The summed E-state index contributed by atoms with van der Waals surface area (Å²) in [6.45, 7) is 6.14. The van der Waals surface area contributed by atoms with E-state index in [-0.39, 0.29) is 35.2 Å². The number of ether oxygens (including phenoxy) is 3. The van der Waals surface area contributed by atoms with Crippen LogP contribution in [0.2, 0.25) is 0 Å². The van der Waals surface area contributed by atoms with Crippen LogP contribution in [0.15, 0.2) is 74.4 Å². The maximum absolute atomic E-state index is 14.1. The van der Waals surface area contributed by atoms with Crippen LogP contribution in [0.1, 0.15) is 80.9 Å². The maximum atomic E-state index is 14.1. The van der Waals surface area contributed by atoms with Crippen LogP contribution in [0.5, 0.6) is 11.5 Å². The molecule has 1 aromatic heterocycles. The minimum atomic E-state index is -0.894. The molecule has 8 heteroatoms. The van der Waals surface area contributed by atoms with Gasteiger partial charge in [0.2, 0.25) is 0 Å². The normalized spacial score (nSPS) is 20.7. The number of nitrogens with one attached hydrogen (secondary N) is 1. The van der Waals surface area contributed by atoms with E-state index in [0.29, 0.717) is 58.0 Å². The molecule has 1 fully saturated rings. The second kappa shape index (κ2) is 11.7. The third-order valence-electron chi connectivity index (χ3n) is 8.85. The molecule has 2 unspecified atom stereocenters. The quantitative estimate of drug-likeness (QED) is 0.321. The van der Waals surface area contributed by atoms with Gasteiger partial charge in [-0.25, -0.2) is 4.79 Å². The first-order valence-corrected chi connectivity index (χ1v) is 15.1. The lowest BCUT2D eigenvalue weighted by molar-refractivity contribution is -0.144. The van der Waals surface area contributed by atoms with Crippen molar-refractivity contribution in [1.82, 2.24) is 5.32 Å². The summed E-state index contributed by atoms with van der Waals surface area (Å²) in [7, 11) is 1.60. The van der Waals surface area contributed by atoms with Gasteiger partial charge < -0.3 is 23.9 Å². The van der Waals surface area contributed by atoms with Crippen LogP contribution in [-0.4, -0.2) is 31.6 Å². The number of carbonyl (C=O) groups excluding carboxylic acids is 2. The summed E-state index contributed by atoms with van der Waals surface area (Å²) in [4.78, 5) is 41.9. The fourth-order valence-corrected chi connectivity index (χ4v) is 6.75. The molecular weight excluding hydrogens is 546 g/mol. The van der Waals surface area contributed by atoms with Gasteiger partial charge in [0, 0.05) is 29.0 Å². The summed E-state index contributed by atoms with van der Waals surface area (Å²) in [6, 6.07) is 11.2. The Morgan fingerprint density at radius 1 is 1.02 bits per heavy atom. The number of rotatable bonds is 7. The molecule has 0 amide bonds. The Bertz CT molecular complexity index is 1720. The molecule has 0 saturated heterocycles. The molecule has 1 aliphatic heterocycles. The summed E-state index contributed by atoms with van der Waals surface area (Å²) in [6.07, 6.45) is 5.63. The molecular formula is C35H37NO7. The molecule has 8 nitrogen and oxygen atoms in total. The van der Waals surface area contributed by atoms with E-state index in [2.05, 4.69) is 5.32 Å². The van der Waals surface area contributed by atoms with E-state index >= 15 is 0 Å². The van der Waals surface area contributed by atoms with Gasteiger partial charge >= 0.3 is 5.97 Å². The van der Waals surface area contributed by atoms with Crippen LogP contribution in [-0.2, 0) is 14.3 Å². The number of dihydropyridines is 1. The zero-order chi connectivity index (χ0) is 30.2. The Hall–Kier alpha value is -4.33. The van der Waals surface area contributed by atoms with Crippen molar-refractivity contribution in [3.63, 3.8) is 0 Å². The maximum Gasteiger partial charge on any atom is 0.337 e. The zero-order valence-electron chi connectivity index (χ0n) is 25.1. The highest BCUT2D eigenvalue weighted by molar-refractivity contribution is 6.04. The fraction of sp³-hybridized carbons (Fsp3) is 0.400. The molecule has 224 valence electrons. The van der Waals surface area contributed by atoms with E-state index in [4.69, 9.17) is 18.6 Å².